The Bertz CT molecular complexity index is 180. The normalized spacial score (nSPS) is 44.1. The molecule has 0 aromatic carbocycles. The van der Waals surface area contributed by atoms with Crippen molar-refractivity contribution in [1.29, 1.82) is 0 Å². The van der Waals surface area contributed by atoms with E-state index >= 15 is 0 Å². The van der Waals surface area contributed by atoms with E-state index < -0.39 is 6.17 Å². The van der Waals surface area contributed by atoms with Crippen LogP contribution in [0, 0.1) is 5.92 Å². The highest BCUT2D eigenvalue weighted by atomic mass is 19.1. The summed E-state index contributed by atoms with van der Waals surface area (Å²) in [4.78, 5) is 0. The predicted molar refractivity (Wildman–Crippen MR) is 54.1 cm³/mol. The maximum atomic E-state index is 13.2. The van der Waals surface area contributed by atoms with Gasteiger partial charge in [0.25, 0.3) is 0 Å². The van der Waals surface area contributed by atoms with Gasteiger partial charge in [0.2, 0.25) is 0 Å². The Morgan fingerprint density at radius 3 is 2.43 bits per heavy atom. The second-order valence-electron chi connectivity index (χ2n) is 4.78. The number of alkyl halides is 1. The van der Waals surface area contributed by atoms with E-state index in [1.807, 2.05) is 0 Å². The van der Waals surface area contributed by atoms with Crippen LogP contribution in [0.15, 0.2) is 0 Å². The van der Waals surface area contributed by atoms with Gasteiger partial charge in [-0.25, -0.2) is 4.39 Å². The molecule has 0 bridgehead atoms. The molecule has 1 aliphatic carbocycles. The standard InChI is InChI=1S/C11H20FNO/c1-8-2-4-9(5-3-8)13-11-7-14-6-10(11)12/h8-11,13H,2-7H2,1H3/t8?,9?,10-,11-/m1/s1. The molecule has 2 atom stereocenters. The lowest BCUT2D eigenvalue weighted by Crippen LogP contribution is -2.44. The quantitative estimate of drug-likeness (QED) is 0.736. The summed E-state index contributed by atoms with van der Waals surface area (Å²) in [6.07, 6.45) is 4.16. The molecule has 1 saturated carbocycles. The summed E-state index contributed by atoms with van der Waals surface area (Å²) < 4.78 is 18.3. The third-order valence-corrected chi connectivity index (χ3v) is 3.48. The van der Waals surface area contributed by atoms with E-state index in [-0.39, 0.29) is 12.6 Å². The SMILES string of the molecule is CC1CCC(N[C@@H]2COC[C@H]2F)CC1. The fraction of sp³-hybridized carbons (Fsp3) is 1.00. The first kappa shape index (κ1) is 10.4. The molecule has 3 heteroatoms. The van der Waals surface area contributed by atoms with Crippen LogP contribution >= 0.6 is 0 Å². The largest absolute Gasteiger partial charge is 0.377 e. The fourth-order valence-electron chi connectivity index (χ4n) is 2.41. The van der Waals surface area contributed by atoms with Crippen LogP contribution in [0.3, 0.4) is 0 Å². The summed E-state index contributed by atoms with van der Waals surface area (Å²) >= 11 is 0. The van der Waals surface area contributed by atoms with Crippen LogP contribution in [0.5, 0.6) is 0 Å². The van der Waals surface area contributed by atoms with Crippen LogP contribution in [-0.2, 0) is 4.74 Å². The van der Waals surface area contributed by atoms with Gasteiger partial charge in [0.05, 0.1) is 19.3 Å². The van der Waals surface area contributed by atoms with Gasteiger partial charge in [-0.2, -0.15) is 0 Å². The maximum absolute atomic E-state index is 13.2. The number of halogens is 1. The lowest BCUT2D eigenvalue weighted by atomic mass is 9.87. The van der Waals surface area contributed by atoms with Crippen molar-refractivity contribution in [3.8, 4) is 0 Å². The first-order valence-electron chi connectivity index (χ1n) is 5.73. The number of hydrogen-bond donors (Lipinski definition) is 1. The minimum absolute atomic E-state index is 0.0478. The molecule has 82 valence electrons. The number of rotatable bonds is 2. The average Bonchev–Trinajstić information content (AvgIpc) is 2.56. The summed E-state index contributed by atoms with van der Waals surface area (Å²) in [6.45, 7) is 3.13. The Labute approximate surface area is 85.2 Å². The Morgan fingerprint density at radius 1 is 1.14 bits per heavy atom. The molecule has 0 aromatic heterocycles. The van der Waals surface area contributed by atoms with E-state index in [0.29, 0.717) is 12.6 Å². The molecule has 0 aromatic rings. The first-order chi connectivity index (χ1) is 6.75. The van der Waals surface area contributed by atoms with Crippen molar-refractivity contribution in [3.63, 3.8) is 0 Å². The third kappa shape index (κ3) is 2.45. The number of nitrogens with one attached hydrogen (secondary N) is 1. The van der Waals surface area contributed by atoms with Crippen molar-refractivity contribution >= 4 is 0 Å². The van der Waals surface area contributed by atoms with Gasteiger partial charge >= 0.3 is 0 Å². The van der Waals surface area contributed by atoms with E-state index in [9.17, 15) is 4.39 Å². The zero-order chi connectivity index (χ0) is 9.97. The zero-order valence-corrected chi connectivity index (χ0v) is 8.84. The number of hydrogen-bond acceptors (Lipinski definition) is 2. The van der Waals surface area contributed by atoms with Crippen molar-refractivity contribution in [3.05, 3.63) is 0 Å². The highest BCUT2D eigenvalue weighted by molar-refractivity contribution is 4.86. The second-order valence-corrected chi connectivity index (χ2v) is 4.78. The van der Waals surface area contributed by atoms with E-state index in [0.717, 1.165) is 5.92 Å². The van der Waals surface area contributed by atoms with E-state index in [4.69, 9.17) is 4.74 Å². The van der Waals surface area contributed by atoms with Crippen LogP contribution in [0.25, 0.3) is 0 Å². The maximum Gasteiger partial charge on any atom is 0.141 e. The molecule has 0 spiro atoms. The topological polar surface area (TPSA) is 21.3 Å². The minimum Gasteiger partial charge on any atom is -0.377 e. The fourth-order valence-corrected chi connectivity index (χ4v) is 2.41. The summed E-state index contributed by atoms with van der Waals surface area (Å²) in [5.74, 6) is 0.856. The van der Waals surface area contributed by atoms with Crippen LogP contribution in [0.4, 0.5) is 4.39 Å². The molecule has 2 rings (SSSR count). The lowest BCUT2D eigenvalue weighted by Gasteiger charge is -2.29. The smallest absolute Gasteiger partial charge is 0.141 e. The van der Waals surface area contributed by atoms with Crippen molar-refractivity contribution < 1.29 is 9.13 Å². The molecule has 1 heterocycles. The Balaban J connectivity index is 1.74. The van der Waals surface area contributed by atoms with Crippen molar-refractivity contribution in [2.45, 2.75) is 50.9 Å². The molecule has 14 heavy (non-hydrogen) atoms. The van der Waals surface area contributed by atoms with Gasteiger partial charge in [0.1, 0.15) is 6.17 Å². The predicted octanol–water partition coefficient (Wildman–Crippen LogP) is 1.89. The van der Waals surface area contributed by atoms with Crippen molar-refractivity contribution in [1.82, 2.24) is 5.32 Å². The second kappa shape index (κ2) is 4.58. The monoisotopic (exact) mass is 201 g/mol. The van der Waals surface area contributed by atoms with E-state index in [1.165, 1.54) is 25.7 Å². The van der Waals surface area contributed by atoms with Crippen LogP contribution < -0.4 is 5.32 Å². The van der Waals surface area contributed by atoms with Gasteiger partial charge in [-0.3, -0.25) is 0 Å². The molecule has 0 unspecified atom stereocenters. The Morgan fingerprint density at radius 2 is 1.86 bits per heavy atom. The Kier molecular flexibility index (Phi) is 3.39. The lowest BCUT2D eigenvalue weighted by molar-refractivity contribution is 0.172. The molecule has 2 aliphatic rings. The molecule has 0 radical (unpaired) electrons. The molecular weight excluding hydrogens is 181 g/mol. The van der Waals surface area contributed by atoms with Crippen LogP contribution in [0.2, 0.25) is 0 Å². The molecule has 1 N–H and O–H groups in total. The van der Waals surface area contributed by atoms with Gasteiger partial charge in [-0.15, -0.1) is 0 Å². The molecule has 1 saturated heterocycles. The van der Waals surface area contributed by atoms with Gasteiger partial charge in [-0.1, -0.05) is 6.92 Å². The first-order valence-corrected chi connectivity index (χ1v) is 5.73. The molecule has 2 nitrogen and oxygen atoms in total. The van der Waals surface area contributed by atoms with Crippen molar-refractivity contribution in [2.75, 3.05) is 13.2 Å². The Hall–Kier alpha value is -0.150. The summed E-state index contributed by atoms with van der Waals surface area (Å²) in [7, 11) is 0. The molecular formula is C11H20FNO. The zero-order valence-electron chi connectivity index (χ0n) is 8.84. The molecule has 1 aliphatic heterocycles. The summed E-state index contributed by atoms with van der Waals surface area (Å²) in [6, 6.07) is 0.476. The average molecular weight is 201 g/mol. The minimum atomic E-state index is -0.797. The van der Waals surface area contributed by atoms with Gasteiger partial charge in [0.15, 0.2) is 0 Å². The van der Waals surface area contributed by atoms with E-state index in [1.54, 1.807) is 0 Å². The van der Waals surface area contributed by atoms with Crippen LogP contribution in [0.1, 0.15) is 32.6 Å². The van der Waals surface area contributed by atoms with Gasteiger partial charge in [0, 0.05) is 6.04 Å². The van der Waals surface area contributed by atoms with Crippen molar-refractivity contribution in [2.24, 2.45) is 5.92 Å². The van der Waals surface area contributed by atoms with Gasteiger partial charge in [-0.05, 0) is 31.6 Å². The highest BCUT2D eigenvalue weighted by Gasteiger charge is 2.30. The molecule has 2 fully saturated rings. The third-order valence-electron chi connectivity index (χ3n) is 3.48. The van der Waals surface area contributed by atoms with Crippen LogP contribution in [-0.4, -0.2) is 31.5 Å². The summed E-state index contributed by atoms with van der Waals surface area (Å²) in [5.41, 5.74) is 0. The van der Waals surface area contributed by atoms with E-state index in [2.05, 4.69) is 12.2 Å². The number of ether oxygens (including phenoxy) is 1. The summed E-state index contributed by atoms with van der Waals surface area (Å²) in [5, 5.41) is 3.39. The highest BCUT2D eigenvalue weighted by Crippen LogP contribution is 2.24. The van der Waals surface area contributed by atoms with Gasteiger partial charge < -0.3 is 10.1 Å². The molecule has 0 amide bonds.